The molecule has 2 aromatic carbocycles. The summed E-state index contributed by atoms with van der Waals surface area (Å²) in [5.74, 6) is -0.362. The van der Waals surface area contributed by atoms with Crippen LogP contribution in [0.15, 0.2) is 41.2 Å². The lowest BCUT2D eigenvalue weighted by Gasteiger charge is -2.14. The molecular formula is C14H10F3N3O2. The van der Waals surface area contributed by atoms with E-state index < -0.39 is 12.1 Å². The van der Waals surface area contributed by atoms with Crippen LogP contribution in [0.25, 0.3) is 22.2 Å². The van der Waals surface area contributed by atoms with Gasteiger partial charge in [-0.15, -0.1) is 13.2 Å². The number of anilines is 1. The second-order valence-corrected chi connectivity index (χ2v) is 4.61. The standard InChI is InChI=1S/C14H10F3N3O2/c15-14(16,17)22-12-4-2-1-3-7(12)8-5-10-11(6-9(8)18)20-13(21)19-10/h1-6H,18H2,(H2,19,20,21). The topological polar surface area (TPSA) is 83.9 Å². The van der Waals surface area contributed by atoms with Crippen molar-refractivity contribution in [3.8, 4) is 16.9 Å². The number of aromatic amines is 2. The van der Waals surface area contributed by atoms with Crippen molar-refractivity contribution in [1.82, 2.24) is 9.97 Å². The monoisotopic (exact) mass is 309 g/mol. The number of hydrogen-bond donors (Lipinski definition) is 3. The van der Waals surface area contributed by atoms with E-state index in [1.807, 2.05) is 0 Å². The van der Waals surface area contributed by atoms with E-state index >= 15 is 0 Å². The van der Waals surface area contributed by atoms with E-state index in [0.29, 0.717) is 16.6 Å². The SMILES string of the molecule is Nc1cc2[nH]c(=O)[nH]c2cc1-c1ccccc1OC(F)(F)F. The van der Waals surface area contributed by atoms with Gasteiger partial charge in [0, 0.05) is 16.8 Å². The van der Waals surface area contributed by atoms with Crippen molar-refractivity contribution < 1.29 is 17.9 Å². The Labute approximate surface area is 121 Å². The first-order valence-electron chi connectivity index (χ1n) is 6.20. The summed E-state index contributed by atoms with van der Waals surface area (Å²) < 4.78 is 41.5. The van der Waals surface area contributed by atoms with Crippen LogP contribution in [0.3, 0.4) is 0 Å². The summed E-state index contributed by atoms with van der Waals surface area (Å²) in [6.07, 6.45) is -4.81. The van der Waals surface area contributed by atoms with Gasteiger partial charge in [0.15, 0.2) is 0 Å². The van der Waals surface area contributed by atoms with E-state index in [1.54, 1.807) is 6.07 Å². The maximum atomic E-state index is 12.5. The molecule has 0 spiro atoms. The Kier molecular flexibility index (Phi) is 3.09. The number of ether oxygens (including phenoxy) is 1. The molecule has 0 saturated heterocycles. The Morgan fingerprint density at radius 2 is 1.64 bits per heavy atom. The fourth-order valence-electron chi connectivity index (χ4n) is 2.24. The molecule has 0 radical (unpaired) electrons. The normalized spacial score (nSPS) is 11.8. The van der Waals surface area contributed by atoms with Gasteiger partial charge >= 0.3 is 12.1 Å². The zero-order valence-electron chi connectivity index (χ0n) is 11.0. The van der Waals surface area contributed by atoms with Crippen molar-refractivity contribution in [1.29, 1.82) is 0 Å². The molecule has 1 aromatic heterocycles. The summed E-state index contributed by atoms with van der Waals surface area (Å²) in [7, 11) is 0. The van der Waals surface area contributed by atoms with Gasteiger partial charge in [-0.2, -0.15) is 0 Å². The zero-order chi connectivity index (χ0) is 15.9. The second-order valence-electron chi connectivity index (χ2n) is 4.61. The minimum absolute atomic E-state index is 0.182. The maximum Gasteiger partial charge on any atom is 0.573 e. The van der Waals surface area contributed by atoms with E-state index in [4.69, 9.17) is 5.73 Å². The first-order chi connectivity index (χ1) is 10.3. The first kappa shape index (κ1) is 14.1. The summed E-state index contributed by atoms with van der Waals surface area (Å²) in [6, 6.07) is 8.64. The molecule has 114 valence electrons. The van der Waals surface area contributed by atoms with E-state index in [1.165, 1.54) is 30.3 Å². The Hall–Kier alpha value is -2.90. The molecule has 0 aliphatic heterocycles. The number of halogens is 3. The molecule has 5 nitrogen and oxygen atoms in total. The molecule has 0 unspecified atom stereocenters. The van der Waals surface area contributed by atoms with Crippen LogP contribution in [0, 0.1) is 0 Å². The van der Waals surface area contributed by atoms with Crippen LogP contribution in [0.2, 0.25) is 0 Å². The number of fused-ring (bicyclic) bond motifs is 1. The fraction of sp³-hybridized carbons (Fsp3) is 0.0714. The summed E-state index contributed by atoms with van der Waals surface area (Å²) >= 11 is 0. The third-order valence-corrected chi connectivity index (χ3v) is 3.09. The van der Waals surface area contributed by atoms with E-state index in [9.17, 15) is 18.0 Å². The number of nitrogens with two attached hydrogens (primary N) is 1. The molecule has 0 aliphatic carbocycles. The summed E-state index contributed by atoms with van der Waals surface area (Å²) in [6.45, 7) is 0. The molecule has 4 N–H and O–H groups in total. The van der Waals surface area contributed by atoms with Crippen LogP contribution in [0.1, 0.15) is 0 Å². The van der Waals surface area contributed by atoms with Gasteiger partial charge in [-0.25, -0.2) is 4.79 Å². The van der Waals surface area contributed by atoms with Gasteiger partial charge in [-0.1, -0.05) is 18.2 Å². The van der Waals surface area contributed by atoms with Crippen LogP contribution in [-0.2, 0) is 0 Å². The molecule has 0 saturated carbocycles. The Morgan fingerprint density at radius 1 is 1.00 bits per heavy atom. The predicted molar refractivity (Wildman–Crippen MR) is 75.5 cm³/mol. The van der Waals surface area contributed by atoms with Crippen molar-refractivity contribution in [2.75, 3.05) is 5.73 Å². The fourth-order valence-corrected chi connectivity index (χ4v) is 2.24. The molecule has 0 aliphatic rings. The quantitative estimate of drug-likeness (QED) is 0.636. The highest BCUT2D eigenvalue weighted by molar-refractivity contribution is 5.91. The minimum atomic E-state index is -4.81. The highest BCUT2D eigenvalue weighted by Crippen LogP contribution is 2.37. The number of hydrogen-bond acceptors (Lipinski definition) is 3. The van der Waals surface area contributed by atoms with Gasteiger partial charge in [0.2, 0.25) is 0 Å². The van der Waals surface area contributed by atoms with Crippen LogP contribution in [0.4, 0.5) is 18.9 Å². The molecule has 3 rings (SSSR count). The average molecular weight is 309 g/mol. The Balaban J connectivity index is 2.19. The van der Waals surface area contributed by atoms with Gasteiger partial charge in [0.05, 0.1) is 11.0 Å². The molecular weight excluding hydrogens is 299 g/mol. The number of rotatable bonds is 2. The molecule has 1 heterocycles. The number of H-pyrrole nitrogens is 2. The summed E-state index contributed by atoms with van der Waals surface area (Å²) in [4.78, 5) is 16.3. The van der Waals surface area contributed by atoms with Crippen molar-refractivity contribution >= 4 is 16.7 Å². The van der Waals surface area contributed by atoms with Gasteiger partial charge in [-0.05, 0) is 18.2 Å². The molecule has 0 atom stereocenters. The van der Waals surface area contributed by atoms with Crippen molar-refractivity contribution in [2.24, 2.45) is 0 Å². The highest BCUT2D eigenvalue weighted by Gasteiger charge is 2.32. The van der Waals surface area contributed by atoms with Crippen LogP contribution in [0.5, 0.6) is 5.75 Å². The van der Waals surface area contributed by atoms with E-state index in [-0.39, 0.29) is 17.0 Å². The minimum Gasteiger partial charge on any atom is -0.405 e. The number of nitrogen functional groups attached to an aromatic ring is 1. The number of benzene rings is 2. The molecule has 22 heavy (non-hydrogen) atoms. The number of imidazole rings is 1. The Morgan fingerprint density at radius 3 is 2.32 bits per heavy atom. The third-order valence-electron chi connectivity index (χ3n) is 3.09. The number of nitrogens with one attached hydrogen (secondary N) is 2. The summed E-state index contributed by atoms with van der Waals surface area (Å²) in [5, 5.41) is 0. The predicted octanol–water partition coefficient (Wildman–Crippen LogP) is 3.00. The average Bonchev–Trinajstić information content (AvgIpc) is 2.76. The maximum absolute atomic E-state index is 12.5. The molecule has 8 heteroatoms. The molecule has 0 bridgehead atoms. The first-order valence-corrected chi connectivity index (χ1v) is 6.20. The summed E-state index contributed by atoms with van der Waals surface area (Å²) in [5.41, 5.74) is 7.12. The molecule has 0 amide bonds. The molecule has 0 fully saturated rings. The highest BCUT2D eigenvalue weighted by atomic mass is 19.4. The zero-order valence-corrected chi connectivity index (χ0v) is 11.0. The lowest BCUT2D eigenvalue weighted by atomic mass is 10.0. The Bertz CT molecular complexity index is 896. The van der Waals surface area contributed by atoms with Crippen LogP contribution >= 0.6 is 0 Å². The number of para-hydroxylation sites is 1. The number of aromatic nitrogens is 2. The van der Waals surface area contributed by atoms with Crippen molar-refractivity contribution in [3.05, 3.63) is 46.9 Å². The van der Waals surface area contributed by atoms with E-state index in [0.717, 1.165) is 0 Å². The van der Waals surface area contributed by atoms with E-state index in [2.05, 4.69) is 14.7 Å². The van der Waals surface area contributed by atoms with Crippen LogP contribution < -0.4 is 16.2 Å². The van der Waals surface area contributed by atoms with Crippen molar-refractivity contribution in [2.45, 2.75) is 6.36 Å². The van der Waals surface area contributed by atoms with Crippen LogP contribution in [-0.4, -0.2) is 16.3 Å². The molecule has 3 aromatic rings. The largest absolute Gasteiger partial charge is 0.573 e. The van der Waals surface area contributed by atoms with Gasteiger partial charge in [0.1, 0.15) is 5.75 Å². The number of alkyl halides is 3. The smallest absolute Gasteiger partial charge is 0.405 e. The third kappa shape index (κ3) is 2.62. The van der Waals surface area contributed by atoms with Crippen molar-refractivity contribution in [3.63, 3.8) is 0 Å². The van der Waals surface area contributed by atoms with Gasteiger partial charge < -0.3 is 20.4 Å². The second kappa shape index (κ2) is 4.83. The van der Waals surface area contributed by atoms with Gasteiger partial charge in [0.25, 0.3) is 0 Å². The van der Waals surface area contributed by atoms with Gasteiger partial charge in [-0.3, -0.25) is 0 Å². The lowest BCUT2D eigenvalue weighted by molar-refractivity contribution is -0.274. The lowest BCUT2D eigenvalue weighted by Crippen LogP contribution is -2.17.